The molecule has 170 valence electrons. The molecule has 3 rings (SSSR count). The first-order valence-electron chi connectivity index (χ1n) is 9.29. The number of rotatable bonds is 8. The molecular formula is C21H16Cl2N4O5S. The van der Waals surface area contributed by atoms with Gasteiger partial charge >= 0.3 is 0 Å². The fraction of sp³-hybridized carbons (Fsp3) is 0.0476. The zero-order chi connectivity index (χ0) is 24.0. The summed E-state index contributed by atoms with van der Waals surface area (Å²) in [6.07, 6.45) is 1.23. The Morgan fingerprint density at radius 1 is 1.00 bits per heavy atom. The number of carbonyl (C=O) groups excluding carboxylic acids is 1. The van der Waals surface area contributed by atoms with E-state index in [1.165, 1.54) is 30.5 Å². The molecule has 0 atom stereocenters. The van der Waals surface area contributed by atoms with Crippen LogP contribution in [-0.4, -0.2) is 32.0 Å². The van der Waals surface area contributed by atoms with Crippen LogP contribution in [0.15, 0.2) is 82.8 Å². The molecular weight excluding hydrogens is 491 g/mol. The smallest absolute Gasteiger partial charge is 0.271 e. The van der Waals surface area contributed by atoms with Crippen molar-refractivity contribution in [3.8, 4) is 0 Å². The summed E-state index contributed by atoms with van der Waals surface area (Å²) in [6, 6.07) is 17.5. The lowest BCUT2D eigenvalue weighted by Gasteiger charge is -2.23. The number of benzene rings is 3. The summed E-state index contributed by atoms with van der Waals surface area (Å²) in [5.41, 5.74) is 2.13. The first-order chi connectivity index (χ1) is 15.7. The van der Waals surface area contributed by atoms with Crippen molar-refractivity contribution in [3.63, 3.8) is 0 Å². The minimum Gasteiger partial charge on any atom is -0.271 e. The number of hydrogen-bond donors (Lipinski definition) is 1. The highest BCUT2D eigenvalue weighted by Crippen LogP contribution is 2.29. The van der Waals surface area contributed by atoms with Crippen molar-refractivity contribution in [2.45, 2.75) is 4.90 Å². The summed E-state index contributed by atoms with van der Waals surface area (Å²) in [5.74, 6) is -0.791. The number of hydrazone groups is 1. The molecule has 0 heterocycles. The number of nitrogens with zero attached hydrogens (tertiary/aromatic N) is 3. The molecule has 0 radical (unpaired) electrons. The van der Waals surface area contributed by atoms with E-state index < -0.39 is 38.0 Å². The van der Waals surface area contributed by atoms with Gasteiger partial charge in [0, 0.05) is 11.6 Å². The van der Waals surface area contributed by atoms with Gasteiger partial charge in [0.1, 0.15) is 6.54 Å². The van der Waals surface area contributed by atoms with E-state index in [0.29, 0.717) is 15.6 Å². The number of nitrogens with one attached hydrogen (secondary N) is 1. The topological polar surface area (TPSA) is 122 Å². The maximum atomic E-state index is 13.3. The van der Waals surface area contributed by atoms with E-state index in [0.717, 1.165) is 16.4 Å². The second kappa shape index (κ2) is 10.4. The van der Waals surface area contributed by atoms with Crippen LogP contribution in [0.25, 0.3) is 0 Å². The third-order valence-corrected chi connectivity index (χ3v) is 6.82. The third kappa shape index (κ3) is 5.67. The van der Waals surface area contributed by atoms with Crippen LogP contribution in [0, 0.1) is 10.1 Å². The van der Waals surface area contributed by atoms with E-state index >= 15 is 0 Å². The summed E-state index contributed by atoms with van der Waals surface area (Å²) in [6.45, 7) is -0.689. The maximum Gasteiger partial charge on any atom is 0.289 e. The normalized spacial score (nSPS) is 11.3. The zero-order valence-corrected chi connectivity index (χ0v) is 19.1. The maximum absolute atomic E-state index is 13.3. The van der Waals surface area contributed by atoms with Gasteiger partial charge in [-0.05, 0) is 30.3 Å². The van der Waals surface area contributed by atoms with Crippen LogP contribution in [0.3, 0.4) is 0 Å². The number of sulfonamides is 1. The lowest BCUT2D eigenvalue weighted by molar-refractivity contribution is -0.387. The van der Waals surface area contributed by atoms with Gasteiger partial charge in [-0.2, -0.15) is 5.10 Å². The quantitative estimate of drug-likeness (QED) is 0.278. The molecule has 33 heavy (non-hydrogen) atoms. The van der Waals surface area contributed by atoms with E-state index in [1.807, 2.05) is 0 Å². The predicted octanol–water partition coefficient (Wildman–Crippen LogP) is 4.25. The Kier molecular flexibility index (Phi) is 7.64. The van der Waals surface area contributed by atoms with Gasteiger partial charge in [-0.1, -0.05) is 59.6 Å². The SMILES string of the molecule is O=C(CN(c1ccccc1)S(=O)(=O)c1ccccc1[N+](=O)[O-])N/N=C/c1c(Cl)cccc1Cl. The van der Waals surface area contributed by atoms with Crippen LogP contribution in [0.2, 0.25) is 10.0 Å². The second-order valence-corrected chi connectivity index (χ2v) is 9.15. The number of anilines is 1. The summed E-state index contributed by atoms with van der Waals surface area (Å²) in [5, 5.41) is 15.8. The first kappa shape index (κ1) is 24.2. The molecule has 1 amide bonds. The molecule has 0 spiro atoms. The van der Waals surface area contributed by atoms with Gasteiger partial charge in [0.2, 0.25) is 0 Å². The van der Waals surface area contributed by atoms with E-state index in [-0.39, 0.29) is 5.69 Å². The molecule has 0 fully saturated rings. The van der Waals surface area contributed by atoms with Gasteiger partial charge in [-0.25, -0.2) is 13.8 Å². The standard InChI is InChI=1S/C21H16Cl2N4O5S/c22-17-9-6-10-18(23)16(17)13-24-25-21(28)14-26(15-7-2-1-3-8-15)33(31,32)20-12-5-4-11-19(20)27(29)30/h1-13H,14H2,(H,25,28)/b24-13+. The van der Waals surface area contributed by atoms with Gasteiger partial charge in [-0.3, -0.25) is 19.2 Å². The Labute approximate surface area is 199 Å². The fourth-order valence-corrected chi connectivity index (χ4v) is 4.90. The lowest BCUT2D eigenvalue weighted by atomic mass is 10.2. The van der Waals surface area contributed by atoms with Crippen LogP contribution in [0.4, 0.5) is 11.4 Å². The molecule has 0 aliphatic rings. The Morgan fingerprint density at radius 2 is 1.61 bits per heavy atom. The molecule has 0 saturated carbocycles. The van der Waals surface area contributed by atoms with Crippen LogP contribution >= 0.6 is 23.2 Å². The highest BCUT2D eigenvalue weighted by atomic mass is 35.5. The first-order valence-corrected chi connectivity index (χ1v) is 11.5. The molecule has 0 saturated heterocycles. The minimum absolute atomic E-state index is 0.143. The second-order valence-electron chi connectivity index (χ2n) is 6.50. The van der Waals surface area contributed by atoms with E-state index in [4.69, 9.17) is 23.2 Å². The Bertz CT molecular complexity index is 1300. The van der Waals surface area contributed by atoms with Crippen molar-refractivity contribution in [1.82, 2.24) is 5.43 Å². The molecule has 12 heteroatoms. The molecule has 0 bridgehead atoms. The summed E-state index contributed by atoms with van der Waals surface area (Å²) in [7, 11) is -4.48. The molecule has 3 aromatic rings. The number of hydrogen-bond acceptors (Lipinski definition) is 6. The molecule has 1 N–H and O–H groups in total. The highest BCUT2D eigenvalue weighted by Gasteiger charge is 2.33. The molecule has 0 aliphatic heterocycles. The van der Waals surface area contributed by atoms with Crippen molar-refractivity contribution in [1.29, 1.82) is 0 Å². The largest absolute Gasteiger partial charge is 0.289 e. The van der Waals surface area contributed by atoms with Crippen molar-refractivity contribution < 1.29 is 18.1 Å². The van der Waals surface area contributed by atoms with Crippen molar-refractivity contribution >= 4 is 56.7 Å². The third-order valence-electron chi connectivity index (χ3n) is 4.34. The zero-order valence-electron chi connectivity index (χ0n) is 16.8. The molecule has 0 unspecified atom stereocenters. The van der Waals surface area contributed by atoms with Gasteiger partial charge in [0.25, 0.3) is 21.6 Å². The number of carbonyl (C=O) groups is 1. The van der Waals surface area contributed by atoms with Gasteiger partial charge < -0.3 is 0 Å². The molecule has 9 nitrogen and oxygen atoms in total. The van der Waals surface area contributed by atoms with Gasteiger partial charge in [-0.15, -0.1) is 0 Å². The Morgan fingerprint density at radius 3 is 2.24 bits per heavy atom. The molecule has 0 aromatic heterocycles. The average Bonchev–Trinajstić information content (AvgIpc) is 2.80. The lowest BCUT2D eigenvalue weighted by Crippen LogP contribution is -2.39. The fourth-order valence-electron chi connectivity index (χ4n) is 2.82. The monoisotopic (exact) mass is 506 g/mol. The number of halogens is 2. The Balaban J connectivity index is 1.91. The number of nitro groups is 1. The van der Waals surface area contributed by atoms with Gasteiger partial charge in [0.05, 0.1) is 26.9 Å². The highest BCUT2D eigenvalue weighted by molar-refractivity contribution is 7.93. The van der Waals surface area contributed by atoms with Crippen LogP contribution in [-0.2, 0) is 14.8 Å². The summed E-state index contributed by atoms with van der Waals surface area (Å²) < 4.78 is 27.5. The summed E-state index contributed by atoms with van der Waals surface area (Å²) in [4.78, 5) is 22.6. The van der Waals surface area contributed by atoms with Gasteiger partial charge in [0.15, 0.2) is 4.90 Å². The average molecular weight is 507 g/mol. The molecule has 0 aliphatic carbocycles. The molecule has 3 aromatic carbocycles. The number of para-hydroxylation sites is 2. The predicted molar refractivity (Wildman–Crippen MR) is 126 cm³/mol. The van der Waals surface area contributed by atoms with E-state index in [2.05, 4.69) is 10.5 Å². The van der Waals surface area contributed by atoms with Crippen LogP contribution in [0.1, 0.15) is 5.56 Å². The minimum atomic E-state index is -4.48. The van der Waals surface area contributed by atoms with Crippen LogP contribution in [0.5, 0.6) is 0 Å². The Hall–Kier alpha value is -3.47. The van der Waals surface area contributed by atoms with Crippen LogP contribution < -0.4 is 9.73 Å². The van der Waals surface area contributed by atoms with Crippen molar-refractivity contribution in [2.75, 3.05) is 10.8 Å². The number of nitro benzene ring substituents is 1. The van der Waals surface area contributed by atoms with Crippen molar-refractivity contribution in [2.24, 2.45) is 5.10 Å². The van der Waals surface area contributed by atoms with Crippen molar-refractivity contribution in [3.05, 3.63) is 98.5 Å². The summed E-state index contributed by atoms with van der Waals surface area (Å²) >= 11 is 12.1. The van der Waals surface area contributed by atoms with E-state index in [9.17, 15) is 23.3 Å². The number of amides is 1. The van der Waals surface area contributed by atoms with E-state index in [1.54, 1.807) is 36.4 Å².